The average Bonchev–Trinajstić information content (AvgIpc) is 2.67. The highest BCUT2D eigenvalue weighted by Crippen LogP contribution is 2.08. The van der Waals surface area contributed by atoms with Crippen molar-refractivity contribution >= 4 is 5.97 Å². The normalized spacial score (nSPS) is 10.3. The molecule has 0 radical (unpaired) electrons. The Kier molecular flexibility index (Phi) is 4.90. The predicted molar refractivity (Wildman–Crippen MR) is 56.7 cm³/mol. The Morgan fingerprint density at radius 1 is 1.47 bits per heavy atom. The van der Waals surface area contributed by atoms with E-state index in [1.54, 1.807) is 19.1 Å². The zero-order valence-corrected chi connectivity index (χ0v) is 9.21. The van der Waals surface area contributed by atoms with Crippen LogP contribution in [0.5, 0.6) is 0 Å². The summed E-state index contributed by atoms with van der Waals surface area (Å²) >= 11 is 0. The second-order valence-electron chi connectivity index (χ2n) is 3.16. The summed E-state index contributed by atoms with van der Waals surface area (Å²) < 4.78 is 10.1. The average molecular weight is 211 g/mol. The lowest BCUT2D eigenvalue weighted by Gasteiger charge is -1.99. The molecule has 0 spiro atoms. The topological polar surface area (TPSA) is 51.5 Å². The lowest BCUT2D eigenvalue weighted by atomic mass is 10.4. The zero-order chi connectivity index (χ0) is 11.1. The molecule has 0 aliphatic carbocycles. The van der Waals surface area contributed by atoms with E-state index in [2.05, 4.69) is 12.2 Å². The molecule has 1 aromatic rings. The van der Waals surface area contributed by atoms with Gasteiger partial charge in [0, 0.05) is 0 Å². The van der Waals surface area contributed by atoms with Crippen LogP contribution in [0.3, 0.4) is 0 Å². The minimum Gasteiger partial charge on any atom is -0.460 e. The number of hydrogen-bond acceptors (Lipinski definition) is 4. The molecule has 0 amide bonds. The SMILES string of the molecule is CCCNCc1ccc(C(=O)OCC)o1. The van der Waals surface area contributed by atoms with Crippen LogP contribution in [-0.2, 0) is 11.3 Å². The molecule has 0 fully saturated rings. The van der Waals surface area contributed by atoms with Gasteiger partial charge in [0.2, 0.25) is 5.76 Å². The number of furan rings is 1. The number of esters is 1. The summed E-state index contributed by atoms with van der Waals surface area (Å²) in [6.07, 6.45) is 1.07. The van der Waals surface area contributed by atoms with Gasteiger partial charge < -0.3 is 14.5 Å². The van der Waals surface area contributed by atoms with Crippen molar-refractivity contribution in [2.45, 2.75) is 26.8 Å². The molecule has 84 valence electrons. The summed E-state index contributed by atoms with van der Waals surface area (Å²) in [4.78, 5) is 11.3. The van der Waals surface area contributed by atoms with Crippen LogP contribution in [0.4, 0.5) is 0 Å². The Morgan fingerprint density at radius 2 is 2.27 bits per heavy atom. The number of rotatable bonds is 6. The summed E-state index contributed by atoms with van der Waals surface area (Å²) in [6, 6.07) is 3.43. The van der Waals surface area contributed by atoms with Gasteiger partial charge in [-0.1, -0.05) is 6.92 Å². The van der Waals surface area contributed by atoms with E-state index >= 15 is 0 Å². The second-order valence-corrected chi connectivity index (χ2v) is 3.16. The van der Waals surface area contributed by atoms with E-state index < -0.39 is 5.97 Å². The molecule has 0 aliphatic rings. The summed E-state index contributed by atoms with van der Waals surface area (Å²) in [5.41, 5.74) is 0. The first kappa shape index (κ1) is 11.8. The Bertz CT molecular complexity index is 307. The van der Waals surface area contributed by atoms with Gasteiger partial charge in [-0.25, -0.2) is 4.79 Å². The Morgan fingerprint density at radius 3 is 2.93 bits per heavy atom. The van der Waals surface area contributed by atoms with Crippen molar-refractivity contribution in [2.24, 2.45) is 0 Å². The fourth-order valence-electron chi connectivity index (χ4n) is 1.17. The summed E-state index contributed by atoms with van der Waals surface area (Å²) in [6.45, 7) is 5.81. The van der Waals surface area contributed by atoms with E-state index in [-0.39, 0.29) is 5.76 Å². The first-order chi connectivity index (χ1) is 7.27. The van der Waals surface area contributed by atoms with E-state index in [0.717, 1.165) is 18.7 Å². The monoisotopic (exact) mass is 211 g/mol. The van der Waals surface area contributed by atoms with Gasteiger partial charge in [-0.2, -0.15) is 0 Å². The van der Waals surface area contributed by atoms with Crippen LogP contribution in [0, 0.1) is 0 Å². The smallest absolute Gasteiger partial charge is 0.374 e. The summed E-state index contributed by atoms with van der Waals surface area (Å²) in [7, 11) is 0. The molecular formula is C11H17NO3. The molecule has 0 unspecified atom stereocenters. The molecule has 4 heteroatoms. The van der Waals surface area contributed by atoms with E-state index in [0.29, 0.717) is 13.2 Å². The first-order valence-electron chi connectivity index (χ1n) is 5.24. The lowest BCUT2D eigenvalue weighted by molar-refractivity contribution is 0.0488. The van der Waals surface area contributed by atoms with Crippen molar-refractivity contribution in [3.63, 3.8) is 0 Å². The van der Waals surface area contributed by atoms with Gasteiger partial charge in [0.25, 0.3) is 0 Å². The Labute approximate surface area is 89.6 Å². The number of carbonyl (C=O) groups is 1. The largest absolute Gasteiger partial charge is 0.460 e. The van der Waals surface area contributed by atoms with Crippen molar-refractivity contribution in [3.8, 4) is 0 Å². The highest BCUT2D eigenvalue weighted by molar-refractivity contribution is 5.86. The Balaban J connectivity index is 2.45. The molecule has 15 heavy (non-hydrogen) atoms. The predicted octanol–water partition coefficient (Wildman–Crippen LogP) is 1.96. The Hall–Kier alpha value is -1.29. The van der Waals surface area contributed by atoms with Gasteiger partial charge in [0.1, 0.15) is 5.76 Å². The van der Waals surface area contributed by atoms with Crippen LogP contribution in [0.1, 0.15) is 36.6 Å². The molecule has 0 aromatic carbocycles. The summed E-state index contributed by atoms with van der Waals surface area (Å²) in [5.74, 6) is 0.621. The van der Waals surface area contributed by atoms with Gasteiger partial charge in [-0.3, -0.25) is 0 Å². The fourth-order valence-corrected chi connectivity index (χ4v) is 1.17. The molecule has 1 rings (SSSR count). The van der Waals surface area contributed by atoms with Crippen molar-refractivity contribution in [2.75, 3.05) is 13.2 Å². The van der Waals surface area contributed by atoms with Crippen LogP contribution in [-0.4, -0.2) is 19.1 Å². The number of ether oxygens (including phenoxy) is 1. The second kappa shape index (κ2) is 6.24. The molecule has 0 aliphatic heterocycles. The number of hydrogen-bond donors (Lipinski definition) is 1. The van der Waals surface area contributed by atoms with Gasteiger partial charge in [0.05, 0.1) is 13.2 Å². The van der Waals surface area contributed by atoms with Crippen molar-refractivity contribution in [1.29, 1.82) is 0 Å². The van der Waals surface area contributed by atoms with Crippen molar-refractivity contribution in [3.05, 3.63) is 23.7 Å². The molecule has 0 saturated heterocycles. The van der Waals surface area contributed by atoms with Crippen LogP contribution < -0.4 is 5.32 Å². The molecule has 4 nitrogen and oxygen atoms in total. The highest BCUT2D eigenvalue weighted by Gasteiger charge is 2.11. The molecule has 0 saturated carbocycles. The third-order valence-corrected chi connectivity index (χ3v) is 1.86. The maximum absolute atomic E-state index is 11.3. The standard InChI is InChI=1S/C11H17NO3/c1-3-7-12-8-9-5-6-10(15-9)11(13)14-4-2/h5-6,12H,3-4,7-8H2,1-2H3. The molecular weight excluding hydrogens is 194 g/mol. The zero-order valence-electron chi connectivity index (χ0n) is 9.21. The maximum Gasteiger partial charge on any atom is 0.374 e. The van der Waals surface area contributed by atoms with Gasteiger partial charge in [-0.15, -0.1) is 0 Å². The van der Waals surface area contributed by atoms with E-state index in [9.17, 15) is 4.79 Å². The minimum absolute atomic E-state index is 0.269. The number of nitrogens with one attached hydrogen (secondary N) is 1. The van der Waals surface area contributed by atoms with E-state index in [4.69, 9.17) is 9.15 Å². The van der Waals surface area contributed by atoms with E-state index in [1.807, 2.05) is 0 Å². The van der Waals surface area contributed by atoms with Crippen LogP contribution >= 0.6 is 0 Å². The molecule has 1 aromatic heterocycles. The molecule has 1 N–H and O–H groups in total. The quantitative estimate of drug-likeness (QED) is 0.577. The van der Waals surface area contributed by atoms with Crippen LogP contribution in [0.2, 0.25) is 0 Å². The molecule has 0 bridgehead atoms. The van der Waals surface area contributed by atoms with Gasteiger partial charge >= 0.3 is 5.97 Å². The maximum atomic E-state index is 11.3. The lowest BCUT2D eigenvalue weighted by Crippen LogP contribution is -2.13. The minimum atomic E-state index is -0.403. The van der Waals surface area contributed by atoms with Crippen LogP contribution in [0.25, 0.3) is 0 Å². The van der Waals surface area contributed by atoms with Crippen molar-refractivity contribution in [1.82, 2.24) is 5.32 Å². The fraction of sp³-hybridized carbons (Fsp3) is 0.545. The van der Waals surface area contributed by atoms with Gasteiger partial charge in [-0.05, 0) is 32.0 Å². The summed E-state index contributed by atoms with van der Waals surface area (Å²) in [5, 5.41) is 3.19. The van der Waals surface area contributed by atoms with Gasteiger partial charge in [0.15, 0.2) is 0 Å². The third kappa shape index (κ3) is 3.75. The first-order valence-corrected chi connectivity index (χ1v) is 5.24. The van der Waals surface area contributed by atoms with Crippen LogP contribution in [0.15, 0.2) is 16.5 Å². The number of carbonyl (C=O) groups excluding carboxylic acids is 1. The molecule has 1 heterocycles. The third-order valence-electron chi connectivity index (χ3n) is 1.86. The van der Waals surface area contributed by atoms with Crippen molar-refractivity contribution < 1.29 is 13.9 Å². The molecule has 0 atom stereocenters. The highest BCUT2D eigenvalue weighted by atomic mass is 16.5. The van der Waals surface area contributed by atoms with E-state index in [1.165, 1.54) is 0 Å².